The highest BCUT2D eigenvalue weighted by Crippen LogP contribution is 2.28. The van der Waals surface area contributed by atoms with Gasteiger partial charge >= 0.3 is 0 Å². The molecule has 0 radical (unpaired) electrons. The normalized spacial score (nSPS) is 10.4. The Hall–Kier alpha value is -2.00. The Morgan fingerprint density at radius 1 is 1.05 bits per heavy atom. The van der Waals surface area contributed by atoms with E-state index >= 15 is 0 Å². The van der Waals surface area contributed by atoms with Crippen LogP contribution < -0.4 is 21.7 Å². The molecule has 4 heteroatoms. The van der Waals surface area contributed by atoms with E-state index in [-0.39, 0.29) is 18.2 Å². The van der Waals surface area contributed by atoms with Crippen molar-refractivity contribution in [2.24, 2.45) is 7.05 Å². The fraction of sp³-hybridized carbons (Fsp3) is 0.133. The van der Waals surface area contributed by atoms with Gasteiger partial charge in [0.2, 0.25) is 5.52 Å². The Morgan fingerprint density at radius 2 is 1.84 bits per heavy atom. The molecular formula is C15H14ClNO2. The molecule has 3 rings (SSSR count). The smallest absolute Gasteiger partial charge is 0.213 e. The Morgan fingerprint density at radius 3 is 2.58 bits per heavy atom. The molecule has 0 fully saturated rings. The SMILES string of the molecule is COc1ccc2c[n+](C)c3ccc(O)cc3c2c1.[Cl-]. The van der Waals surface area contributed by atoms with Gasteiger partial charge in [-0.15, -0.1) is 0 Å². The zero-order valence-electron chi connectivity index (χ0n) is 10.7. The Bertz CT molecular complexity index is 756. The highest BCUT2D eigenvalue weighted by molar-refractivity contribution is 6.04. The molecule has 0 saturated carbocycles. The third-order valence-corrected chi connectivity index (χ3v) is 3.24. The summed E-state index contributed by atoms with van der Waals surface area (Å²) < 4.78 is 7.32. The van der Waals surface area contributed by atoms with Crippen molar-refractivity contribution in [3.63, 3.8) is 0 Å². The largest absolute Gasteiger partial charge is 1.00 e. The first-order chi connectivity index (χ1) is 8.69. The number of aryl methyl sites for hydroxylation is 1. The van der Waals surface area contributed by atoms with E-state index in [4.69, 9.17) is 4.74 Å². The summed E-state index contributed by atoms with van der Waals surface area (Å²) in [5.41, 5.74) is 1.08. The number of aromatic hydroxyl groups is 1. The summed E-state index contributed by atoms with van der Waals surface area (Å²) in [6.07, 6.45) is 2.08. The highest BCUT2D eigenvalue weighted by atomic mass is 35.5. The third-order valence-electron chi connectivity index (χ3n) is 3.24. The lowest BCUT2D eigenvalue weighted by atomic mass is 10.1. The molecule has 0 spiro atoms. The fourth-order valence-corrected chi connectivity index (χ4v) is 2.33. The molecule has 3 aromatic rings. The number of ether oxygens (including phenoxy) is 1. The first-order valence-electron chi connectivity index (χ1n) is 5.78. The van der Waals surface area contributed by atoms with Crippen LogP contribution in [0.1, 0.15) is 0 Å². The number of rotatable bonds is 1. The topological polar surface area (TPSA) is 33.3 Å². The summed E-state index contributed by atoms with van der Waals surface area (Å²) in [6.45, 7) is 0. The van der Waals surface area contributed by atoms with Crippen LogP contribution in [0, 0.1) is 0 Å². The minimum Gasteiger partial charge on any atom is -1.00 e. The summed E-state index contributed by atoms with van der Waals surface area (Å²) in [4.78, 5) is 0. The fourth-order valence-electron chi connectivity index (χ4n) is 2.33. The van der Waals surface area contributed by atoms with Crippen LogP contribution in [0.4, 0.5) is 0 Å². The van der Waals surface area contributed by atoms with E-state index in [1.165, 1.54) is 0 Å². The number of phenols is 1. The molecule has 3 nitrogen and oxygen atoms in total. The van der Waals surface area contributed by atoms with E-state index in [2.05, 4.69) is 10.8 Å². The number of methoxy groups -OCH3 is 1. The number of halogens is 1. The van der Waals surface area contributed by atoms with Crippen LogP contribution in [-0.2, 0) is 7.05 Å². The molecule has 1 heterocycles. The van der Waals surface area contributed by atoms with Gasteiger partial charge < -0.3 is 22.3 Å². The second-order valence-electron chi connectivity index (χ2n) is 4.39. The molecule has 0 bridgehead atoms. The van der Waals surface area contributed by atoms with Gasteiger partial charge in [0.05, 0.1) is 12.5 Å². The van der Waals surface area contributed by atoms with Crippen molar-refractivity contribution in [3.05, 3.63) is 42.6 Å². The molecule has 0 unspecified atom stereocenters. The average Bonchev–Trinajstić information content (AvgIpc) is 2.38. The number of benzene rings is 2. The molecule has 0 amide bonds. The highest BCUT2D eigenvalue weighted by Gasteiger charge is 2.11. The van der Waals surface area contributed by atoms with Gasteiger partial charge in [-0.05, 0) is 30.3 Å². The van der Waals surface area contributed by atoms with E-state index in [0.29, 0.717) is 0 Å². The minimum atomic E-state index is 0. The molecule has 0 atom stereocenters. The molecule has 1 N–H and O–H groups in total. The molecule has 0 aliphatic heterocycles. The number of hydrogen-bond donors (Lipinski definition) is 1. The molecule has 1 aromatic heterocycles. The second kappa shape index (κ2) is 4.94. The number of pyridine rings is 1. The lowest BCUT2D eigenvalue weighted by Gasteiger charge is -2.05. The van der Waals surface area contributed by atoms with Gasteiger partial charge in [0.1, 0.15) is 18.5 Å². The molecule has 0 aliphatic carbocycles. The average molecular weight is 276 g/mol. The van der Waals surface area contributed by atoms with Crippen molar-refractivity contribution in [1.82, 2.24) is 0 Å². The zero-order valence-corrected chi connectivity index (χ0v) is 11.5. The Labute approximate surface area is 117 Å². The van der Waals surface area contributed by atoms with Crippen molar-refractivity contribution in [2.45, 2.75) is 0 Å². The molecule has 19 heavy (non-hydrogen) atoms. The van der Waals surface area contributed by atoms with Crippen molar-refractivity contribution in [2.75, 3.05) is 7.11 Å². The van der Waals surface area contributed by atoms with Gasteiger partial charge in [0.25, 0.3) is 0 Å². The zero-order chi connectivity index (χ0) is 12.7. The molecule has 2 aromatic carbocycles. The first-order valence-corrected chi connectivity index (χ1v) is 5.78. The number of phenolic OH excluding ortho intramolecular Hbond substituents is 1. The predicted molar refractivity (Wildman–Crippen MR) is 70.8 cm³/mol. The van der Waals surface area contributed by atoms with Crippen LogP contribution >= 0.6 is 0 Å². The van der Waals surface area contributed by atoms with Crippen LogP contribution in [0.25, 0.3) is 21.7 Å². The van der Waals surface area contributed by atoms with E-state index in [1.807, 2.05) is 31.3 Å². The van der Waals surface area contributed by atoms with Crippen LogP contribution in [-0.4, -0.2) is 12.2 Å². The van der Waals surface area contributed by atoms with Crippen LogP contribution in [0.5, 0.6) is 11.5 Å². The summed E-state index contributed by atoms with van der Waals surface area (Å²) in [6, 6.07) is 11.4. The maximum Gasteiger partial charge on any atom is 0.213 e. The van der Waals surface area contributed by atoms with Crippen molar-refractivity contribution in [1.29, 1.82) is 0 Å². The monoisotopic (exact) mass is 275 g/mol. The van der Waals surface area contributed by atoms with Gasteiger partial charge in [-0.1, -0.05) is 0 Å². The van der Waals surface area contributed by atoms with Gasteiger partial charge in [-0.2, -0.15) is 0 Å². The summed E-state index contributed by atoms with van der Waals surface area (Å²) in [5, 5.41) is 12.9. The van der Waals surface area contributed by atoms with Crippen LogP contribution in [0.2, 0.25) is 0 Å². The van der Waals surface area contributed by atoms with Gasteiger partial charge in [-0.3, -0.25) is 0 Å². The number of aromatic nitrogens is 1. The maximum atomic E-state index is 9.67. The minimum absolute atomic E-state index is 0. The number of fused-ring (bicyclic) bond motifs is 3. The maximum absolute atomic E-state index is 9.67. The van der Waals surface area contributed by atoms with Crippen molar-refractivity contribution in [3.8, 4) is 11.5 Å². The van der Waals surface area contributed by atoms with E-state index < -0.39 is 0 Å². The second-order valence-corrected chi connectivity index (χ2v) is 4.39. The van der Waals surface area contributed by atoms with E-state index in [9.17, 15) is 5.11 Å². The number of hydrogen-bond acceptors (Lipinski definition) is 2. The Balaban J connectivity index is 0.00000133. The number of nitrogens with zero attached hydrogens (tertiary/aromatic N) is 1. The predicted octanol–water partition coefficient (Wildman–Crippen LogP) is -0.464. The lowest BCUT2D eigenvalue weighted by Crippen LogP contribution is -3.00. The quantitative estimate of drug-likeness (QED) is 0.481. The van der Waals surface area contributed by atoms with Crippen molar-refractivity contribution < 1.29 is 26.8 Å². The molecule has 0 saturated heterocycles. The van der Waals surface area contributed by atoms with E-state index in [0.717, 1.165) is 27.4 Å². The first kappa shape index (κ1) is 13.4. The van der Waals surface area contributed by atoms with Crippen LogP contribution in [0.3, 0.4) is 0 Å². The van der Waals surface area contributed by atoms with Gasteiger partial charge in [0.15, 0.2) is 6.20 Å². The molecular weight excluding hydrogens is 262 g/mol. The van der Waals surface area contributed by atoms with Gasteiger partial charge in [0, 0.05) is 16.8 Å². The molecule has 98 valence electrons. The summed E-state index contributed by atoms with van der Waals surface area (Å²) in [7, 11) is 3.66. The molecule has 0 aliphatic rings. The standard InChI is InChI=1S/C15H13NO2.ClH/c1-16-9-10-3-5-12(18-2)8-13(10)14-7-11(17)4-6-15(14)16;/h3-9H,1-2H3;1H. The van der Waals surface area contributed by atoms with E-state index in [1.54, 1.807) is 19.2 Å². The lowest BCUT2D eigenvalue weighted by molar-refractivity contribution is -0.643. The third kappa shape index (κ3) is 2.17. The van der Waals surface area contributed by atoms with Crippen LogP contribution in [0.15, 0.2) is 42.6 Å². The summed E-state index contributed by atoms with van der Waals surface area (Å²) in [5.74, 6) is 1.10. The summed E-state index contributed by atoms with van der Waals surface area (Å²) >= 11 is 0. The van der Waals surface area contributed by atoms with Gasteiger partial charge in [-0.25, -0.2) is 4.57 Å². The van der Waals surface area contributed by atoms with Crippen molar-refractivity contribution >= 4 is 21.7 Å². The Kier molecular flexibility index (Phi) is 3.49.